The molecule has 6 heteroatoms. The highest BCUT2D eigenvalue weighted by atomic mass is 16.6. The molecule has 0 radical (unpaired) electrons. The molecule has 0 aliphatic carbocycles. The predicted molar refractivity (Wildman–Crippen MR) is 125 cm³/mol. The first-order chi connectivity index (χ1) is 15.1. The third-order valence-electron chi connectivity index (χ3n) is 5.87. The number of pyridine rings is 1. The molecule has 2 heterocycles. The molecular formula is C26H36N2O4. The Morgan fingerprint density at radius 3 is 2.66 bits per heavy atom. The van der Waals surface area contributed by atoms with Crippen LogP contribution >= 0.6 is 0 Å². The summed E-state index contributed by atoms with van der Waals surface area (Å²) in [6.45, 7) is 13.0. The molecule has 0 spiro atoms. The SMILES string of the molecule is CCC(C)C1c2ccc(OCc3nc(C)ccc3OC)cc2CCN1C(=O)OC(C)(C)C. The topological polar surface area (TPSA) is 60.9 Å². The van der Waals surface area contributed by atoms with Crippen molar-refractivity contribution in [3.05, 3.63) is 52.8 Å². The molecule has 174 valence electrons. The maximum absolute atomic E-state index is 12.9. The average Bonchev–Trinajstić information content (AvgIpc) is 2.75. The minimum atomic E-state index is -0.514. The number of ether oxygens (including phenoxy) is 3. The van der Waals surface area contributed by atoms with E-state index in [9.17, 15) is 4.79 Å². The van der Waals surface area contributed by atoms with Crippen molar-refractivity contribution in [1.29, 1.82) is 0 Å². The largest absolute Gasteiger partial charge is 0.495 e. The Hall–Kier alpha value is -2.76. The van der Waals surface area contributed by atoms with Crippen LogP contribution in [0.25, 0.3) is 0 Å². The zero-order valence-electron chi connectivity index (χ0n) is 20.4. The number of rotatable bonds is 6. The summed E-state index contributed by atoms with van der Waals surface area (Å²) in [6, 6.07) is 10.0. The monoisotopic (exact) mass is 440 g/mol. The molecule has 6 nitrogen and oxygen atoms in total. The Morgan fingerprint density at radius 2 is 2.00 bits per heavy atom. The van der Waals surface area contributed by atoms with Gasteiger partial charge in [0, 0.05) is 12.2 Å². The van der Waals surface area contributed by atoms with Gasteiger partial charge in [-0.1, -0.05) is 26.3 Å². The van der Waals surface area contributed by atoms with Gasteiger partial charge in [-0.15, -0.1) is 0 Å². The number of carbonyl (C=O) groups excluding carboxylic acids is 1. The number of fused-ring (bicyclic) bond motifs is 1. The van der Waals surface area contributed by atoms with Gasteiger partial charge < -0.3 is 19.1 Å². The molecule has 0 saturated heterocycles. The molecule has 32 heavy (non-hydrogen) atoms. The number of carbonyl (C=O) groups is 1. The number of methoxy groups -OCH3 is 1. The van der Waals surface area contributed by atoms with Gasteiger partial charge in [0.25, 0.3) is 0 Å². The molecule has 1 aromatic carbocycles. The van der Waals surface area contributed by atoms with E-state index in [0.717, 1.165) is 35.7 Å². The first-order valence-electron chi connectivity index (χ1n) is 11.4. The standard InChI is InChI=1S/C26H36N2O4/c1-8-17(2)24-21-11-10-20(31-16-22-23(30-7)12-9-18(3)27-22)15-19(21)13-14-28(24)25(29)32-26(4,5)6/h9-12,15,17,24H,8,13-14,16H2,1-7H3. The Bertz CT molecular complexity index is 951. The van der Waals surface area contributed by atoms with Crippen LogP contribution in [-0.4, -0.2) is 35.2 Å². The molecule has 1 aromatic heterocycles. The van der Waals surface area contributed by atoms with Crippen LogP contribution in [0.3, 0.4) is 0 Å². The van der Waals surface area contributed by atoms with Crippen LogP contribution < -0.4 is 9.47 Å². The Morgan fingerprint density at radius 1 is 1.25 bits per heavy atom. The number of amides is 1. The molecule has 1 amide bonds. The second kappa shape index (κ2) is 9.80. The summed E-state index contributed by atoms with van der Waals surface area (Å²) in [5.74, 6) is 1.83. The van der Waals surface area contributed by atoms with E-state index in [2.05, 4.69) is 31.0 Å². The van der Waals surface area contributed by atoms with Crippen molar-refractivity contribution in [3.63, 3.8) is 0 Å². The number of nitrogens with zero attached hydrogens (tertiary/aromatic N) is 2. The molecule has 2 unspecified atom stereocenters. The van der Waals surface area contributed by atoms with Crippen molar-refractivity contribution in [2.75, 3.05) is 13.7 Å². The van der Waals surface area contributed by atoms with E-state index in [4.69, 9.17) is 14.2 Å². The Labute approximate surface area is 191 Å². The highest BCUT2D eigenvalue weighted by Crippen LogP contribution is 2.39. The van der Waals surface area contributed by atoms with Gasteiger partial charge in [-0.05, 0) is 75.4 Å². The normalized spacial score (nSPS) is 16.8. The van der Waals surface area contributed by atoms with Crippen LogP contribution in [-0.2, 0) is 17.8 Å². The van der Waals surface area contributed by atoms with E-state index in [0.29, 0.717) is 19.1 Å². The van der Waals surface area contributed by atoms with Crippen LogP contribution in [0.2, 0.25) is 0 Å². The van der Waals surface area contributed by atoms with Gasteiger partial charge in [-0.25, -0.2) is 4.79 Å². The fraction of sp³-hybridized carbons (Fsp3) is 0.538. The van der Waals surface area contributed by atoms with Crippen molar-refractivity contribution in [2.24, 2.45) is 5.92 Å². The fourth-order valence-corrected chi connectivity index (χ4v) is 4.13. The average molecular weight is 441 g/mol. The van der Waals surface area contributed by atoms with Gasteiger partial charge in [-0.2, -0.15) is 0 Å². The Kier molecular flexibility index (Phi) is 7.32. The lowest BCUT2D eigenvalue weighted by Crippen LogP contribution is -2.45. The summed E-state index contributed by atoms with van der Waals surface area (Å²) < 4.78 is 17.2. The summed E-state index contributed by atoms with van der Waals surface area (Å²) in [5.41, 5.74) is 3.58. The molecule has 0 fully saturated rings. The first kappa shape index (κ1) is 23.9. The van der Waals surface area contributed by atoms with E-state index in [-0.39, 0.29) is 12.1 Å². The summed E-state index contributed by atoms with van der Waals surface area (Å²) in [6.07, 6.45) is 1.50. The summed E-state index contributed by atoms with van der Waals surface area (Å²) in [7, 11) is 1.64. The maximum Gasteiger partial charge on any atom is 0.410 e. The molecule has 2 atom stereocenters. The minimum absolute atomic E-state index is 0.00816. The van der Waals surface area contributed by atoms with Crippen LogP contribution in [0.1, 0.15) is 69.6 Å². The highest BCUT2D eigenvalue weighted by molar-refractivity contribution is 5.69. The lowest BCUT2D eigenvalue weighted by atomic mass is 9.84. The zero-order valence-corrected chi connectivity index (χ0v) is 20.4. The zero-order chi connectivity index (χ0) is 23.5. The van der Waals surface area contributed by atoms with Gasteiger partial charge in [0.05, 0.1) is 13.2 Å². The van der Waals surface area contributed by atoms with Crippen LogP contribution in [0.15, 0.2) is 30.3 Å². The van der Waals surface area contributed by atoms with E-state index in [1.807, 2.05) is 50.8 Å². The van der Waals surface area contributed by atoms with Crippen molar-refractivity contribution in [1.82, 2.24) is 9.88 Å². The third-order valence-corrected chi connectivity index (χ3v) is 5.87. The summed E-state index contributed by atoms with van der Waals surface area (Å²) in [4.78, 5) is 19.4. The molecule has 0 saturated carbocycles. The summed E-state index contributed by atoms with van der Waals surface area (Å²) >= 11 is 0. The van der Waals surface area contributed by atoms with Gasteiger partial charge >= 0.3 is 6.09 Å². The van der Waals surface area contributed by atoms with Crippen LogP contribution in [0, 0.1) is 12.8 Å². The van der Waals surface area contributed by atoms with Gasteiger partial charge in [-0.3, -0.25) is 4.98 Å². The molecule has 0 N–H and O–H groups in total. The van der Waals surface area contributed by atoms with Crippen LogP contribution in [0.4, 0.5) is 4.79 Å². The number of aryl methyl sites for hydroxylation is 1. The minimum Gasteiger partial charge on any atom is -0.495 e. The molecular weight excluding hydrogens is 404 g/mol. The second-order valence-electron chi connectivity index (χ2n) is 9.50. The van der Waals surface area contributed by atoms with Crippen LogP contribution in [0.5, 0.6) is 11.5 Å². The van der Waals surface area contributed by atoms with E-state index < -0.39 is 5.60 Å². The quantitative estimate of drug-likeness (QED) is 0.563. The molecule has 1 aliphatic heterocycles. The fourth-order valence-electron chi connectivity index (χ4n) is 4.13. The number of hydrogen-bond acceptors (Lipinski definition) is 5. The lowest BCUT2D eigenvalue weighted by Gasteiger charge is -2.41. The third kappa shape index (κ3) is 5.53. The smallest absolute Gasteiger partial charge is 0.410 e. The molecule has 3 rings (SSSR count). The van der Waals surface area contributed by atoms with Crippen molar-refractivity contribution >= 4 is 6.09 Å². The van der Waals surface area contributed by atoms with E-state index in [1.54, 1.807) is 7.11 Å². The molecule has 2 aromatic rings. The van der Waals surface area contributed by atoms with Gasteiger partial charge in [0.1, 0.15) is 29.4 Å². The van der Waals surface area contributed by atoms with Crippen molar-refractivity contribution in [2.45, 2.75) is 72.6 Å². The predicted octanol–water partition coefficient (Wildman–Crippen LogP) is 5.86. The van der Waals surface area contributed by atoms with Gasteiger partial charge in [0.2, 0.25) is 0 Å². The first-order valence-corrected chi connectivity index (χ1v) is 11.4. The van der Waals surface area contributed by atoms with E-state index >= 15 is 0 Å². The summed E-state index contributed by atoms with van der Waals surface area (Å²) in [5, 5.41) is 0. The van der Waals surface area contributed by atoms with Crippen molar-refractivity contribution in [3.8, 4) is 11.5 Å². The number of hydrogen-bond donors (Lipinski definition) is 0. The lowest BCUT2D eigenvalue weighted by molar-refractivity contribution is 0.00755. The number of benzene rings is 1. The Balaban J connectivity index is 1.82. The maximum atomic E-state index is 12.9. The van der Waals surface area contributed by atoms with Crippen molar-refractivity contribution < 1.29 is 19.0 Å². The molecule has 0 bridgehead atoms. The molecule has 1 aliphatic rings. The highest BCUT2D eigenvalue weighted by Gasteiger charge is 2.36. The van der Waals surface area contributed by atoms with E-state index in [1.165, 1.54) is 11.1 Å². The second-order valence-corrected chi connectivity index (χ2v) is 9.50. The van der Waals surface area contributed by atoms with Gasteiger partial charge in [0.15, 0.2) is 0 Å². The number of aromatic nitrogens is 1.